The molecule has 4 nitrogen and oxygen atoms in total. The predicted octanol–water partition coefficient (Wildman–Crippen LogP) is 7.75. The number of rotatable bonds is 20. The lowest BCUT2D eigenvalue weighted by atomic mass is 9.52. The van der Waals surface area contributed by atoms with Gasteiger partial charge in [-0.05, 0) is 69.6 Å². The van der Waals surface area contributed by atoms with E-state index in [1.165, 1.54) is 70.6 Å². The summed E-state index contributed by atoms with van der Waals surface area (Å²) in [6.07, 6.45) is 21.0. The van der Waals surface area contributed by atoms with Gasteiger partial charge in [-0.1, -0.05) is 52.4 Å². The van der Waals surface area contributed by atoms with E-state index in [1.54, 1.807) is 0 Å². The van der Waals surface area contributed by atoms with Gasteiger partial charge in [0, 0.05) is 45.3 Å². The first-order chi connectivity index (χ1) is 16.5. The van der Waals surface area contributed by atoms with E-state index in [4.69, 9.17) is 9.47 Å². The molecule has 4 heteroatoms. The molecule has 0 N–H and O–H groups in total. The zero-order chi connectivity index (χ0) is 24.3. The minimum Gasteiger partial charge on any atom is -0.375 e. The molecule has 4 aliphatic rings. The van der Waals surface area contributed by atoms with Gasteiger partial charge < -0.3 is 9.47 Å². The summed E-state index contributed by atoms with van der Waals surface area (Å²) < 4.78 is 13.2. The molecule has 4 bridgehead atoms. The molecule has 0 heterocycles. The van der Waals surface area contributed by atoms with Crippen LogP contribution in [-0.4, -0.2) is 36.0 Å². The normalized spacial score (nSPS) is 29.6. The van der Waals surface area contributed by atoms with Gasteiger partial charge in [0.05, 0.1) is 11.2 Å². The van der Waals surface area contributed by atoms with Crippen LogP contribution in [-0.2, 0) is 19.1 Å². The Labute approximate surface area is 209 Å². The number of hydrogen-bond acceptors (Lipinski definition) is 4. The van der Waals surface area contributed by atoms with Crippen LogP contribution in [0.3, 0.4) is 0 Å². The van der Waals surface area contributed by atoms with Crippen LogP contribution in [0.25, 0.3) is 0 Å². The molecule has 0 aromatic rings. The summed E-state index contributed by atoms with van der Waals surface area (Å²) in [5.41, 5.74) is -0.0489. The third-order valence-corrected chi connectivity index (χ3v) is 8.59. The molecule has 4 aliphatic carbocycles. The lowest BCUT2D eigenvalue weighted by Crippen LogP contribution is -2.61. The largest absolute Gasteiger partial charge is 0.375 e. The van der Waals surface area contributed by atoms with Gasteiger partial charge in [-0.15, -0.1) is 0 Å². The standard InChI is InChI=1S/C30H52O4/c1-3-5-7-9-13-27(31)15-11-17-33-29-20-25-19-26(21-29)23-30(22-25,24-29)34-18-12-16-28(32)14-10-8-6-4-2/h25-26H,3-24H2,1-2H3. The quantitative estimate of drug-likeness (QED) is 0.169. The van der Waals surface area contributed by atoms with Gasteiger partial charge in [0.25, 0.3) is 0 Å². The fourth-order valence-corrected chi connectivity index (χ4v) is 7.30. The minimum absolute atomic E-state index is 0.0245. The molecule has 34 heavy (non-hydrogen) atoms. The van der Waals surface area contributed by atoms with Gasteiger partial charge in [-0.25, -0.2) is 0 Å². The molecule has 0 aliphatic heterocycles. The summed E-state index contributed by atoms with van der Waals surface area (Å²) in [4.78, 5) is 24.3. The Kier molecular flexibility index (Phi) is 11.6. The molecule has 0 saturated heterocycles. The molecule has 0 spiro atoms. The number of hydrogen-bond donors (Lipinski definition) is 0. The molecule has 0 unspecified atom stereocenters. The Balaban J connectivity index is 1.35. The van der Waals surface area contributed by atoms with Crippen molar-refractivity contribution in [3.63, 3.8) is 0 Å². The first-order valence-corrected chi connectivity index (χ1v) is 14.8. The highest BCUT2D eigenvalue weighted by Gasteiger charge is 2.59. The van der Waals surface area contributed by atoms with Crippen LogP contribution in [0.4, 0.5) is 0 Å². The highest BCUT2D eigenvalue weighted by atomic mass is 16.5. The van der Waals surface area contributed by atoms with E-state index in [-0.39, 0.29) is 11.2 Å². The fourth-order valence-electron chi connectivity index (χ4n) is 7.30. The average Bonchev–Trinajstić information content (AvgIpc) is 2.79. The molecule has 0 atom stereocenters. The monoisotopic (exact) mass is 476 g/mol. The van der Waals surface area contributed by atoms with Crippen LogP contribution in [0.2, 0.25) is 0 Å². The van der Waals surface area contributed by atoms with Crippen molar-refractivity contribution >= 4 is 11.6 Å². The summed E-state index contributed by atoms with van der Waals surface area (Å²) in [7, 11) is 0. The second kappa shape index (κ2) is 14.1. The van der Waals surface area contributed by atoms with Crippen molar-refractivity contribution < 1.29 is 19.1 Å². The summed E-state index contributed by atoms with van der Waals surface area (Å²) in [5, 5.41) is 0. The van der Waals surface area contributed by atoms with E-state index < -0.39 is 0 Å². The van der Waals surface area contributed by atoms with Crippen molar-refractivity contribution in [2.75, 3.05) is 13.2 Å². The summed E-state index contributed by atoms with van der Waals surface area (Å²) in [5.74, 6) is 2.26. The number of carbonyl (C=O) groups excluding carboxylic acids is 2. The van der Waals surface area contributed by atoms with E-state index in [0.29, 0.717) is 37.6 Å². The van der Waals surface area contributed by atoms with Gasteiger partial charge in [0.1, 0.15) is 11.6 Å². The second-order valence-electron chi connectivity index (χ2n) is 11.9. The van der Waals surface area contributed by atoms with E-state index in [9.17, 15) is 9.59 Å². The molecular formula is C30H52O4. The molecular weight excluding hydrogens is 424 g/mol. The molecule has 4 saturated carbocycles. The van der Waals surface area contributed by atoms with Crippen molar-refractivity contribution in [3.8, 4) is 0 Å². The third kappa shape index (κ3) is 8.73. The van der Waals surface area contributed by atoms with Gasteiger partial charge in [-0.3, -0.25) is 9.59 Å². The molecule has 0 amide bonds. The predicted molar refractivity (Wildman–Crippen MR) is 138 cm³/mol. The van der Waals surface area contributed by atoms with Gasteiger partial charge >= 0.3 is 0 Å². The molecule has 4 fully saturated rings. The highest BCUT2D eigenvalue weighted by molar-refractivity contribution is 5.78. The van der Waals surface area contributed by atoms with Crippen molar-refractivity contribution in [2.45, 2.75) is 153 Å². The third-order valence-electron chi connectivity index (χ3n) is 8.59. The number of ether oxygens (including phenoxy) is 2. The minimum atomic E-state index is -0.0245. The van der Waals surface area contributed by atoms with Crippen molar-refractivity contribution in [1.82, 2.24) is 0 Å². The molecule has 4 rings (SSSR count). The van der Waals surface area contributed by atoms with Crippen LogP contribution in [0.15, 0.2) is 0 Å². The molecule has 0 aromatic heterocycles. The zero-order valence-electron chi connectivity index (χ0n) is 22.3. The summed E-state index contributed by atoms with van der Waals surface area (Å²) in [6.45, 7) is 5.83. The molecule has 196 valence electrons. The smallest absolute Gasteiger partial charge is 0.132 e. The Hall–Kier alpha value is -0.740. The maximum absolute atomic E-state index is 12.2. The maximum Gasteiger partial charge on any atom is 0.132 e. The van der Waals surface area contributed by atoms with Crippen molar-refractivity contribution in [3.05, 3.63) is 0 Å². The second-order valence-corrected chi connectivity index (χ2v) is 11.9. The Morgan fingerprint density at radius 1 is 0.618 bits per heavy atom. The lowest BCUT2D eigenvalue weighted by Gasteiger charge is -2.61. The molecule has 0 aromatic carbocycles. The first-order valence-electron chi connectivity index (χ1n) is 14.8. The number of ketones is 2. The maximum atomic E-state index is 12.2. The van der Waals surface area contributed by atoms with E-state index in [1.807, 2.05) is 0 Å². The van der Waals surface area contributed by atoms with Crippen LogP contribution in [0, 0.1) is 11.8 Å². The topological polar surface area (TPSA) is 52.6 Å². The fraction of sp³-hybridized carbons (Fsp3) is 0.933. The number of unbranched alkanes of at least 4 members (excludes halogenated alkanes) is 6. The first kappa shape index (κ1) is 27.8. The zero-order valence-corrected chi connectivity index (χ0v) is 22.3. The van der Waals surface area contributed by atoms with Crippen molar-refractivity contribution in [2.24, 2.45) is 11.8 Å². The number of carbonyl (C=O) groups is 2. The Morgan fingerprint density at radius 3 is 1.44 bits per heavy atom. The average molecular weight is 477 g/mol. The SMILES string of the molecule is CCCCCCC(=O)CCCOC12CC3CC(C1)CC(OCCCC(=O)CCCCCC)(C3)C2. The van der Waals surface area contributed by atoms with Gasteiger partial charge in [-0.2, -0.15) is 0 Å². The van der Waals surface area contributed by atoms with E-state index in [0.717, 1.165) is 56.8 Å². The number of Topliss-reactive ketones (excluding diaryl/α,β-unsaturated/α-hetero) is 2. The van der Waals surface area contributed by atoms with Gasteiger partial charge in [0.2, 0.25) is 0 Å². The van der Waals surface area contributed by atoms with E-state index >= 15 is 0 Å². The highest BCUT2D eigenvalue weighted by Crippen LogP contribution is 2.60. The van der Waals surface area contributed by atoms with Crippen LogP contribution in [0.5, 0.6) is 0 Å². The Morgan fingerprint density at radius 2 is 1.03 bits per heavy atom. The molecule has 0 radical (unpaired) electrons. The van der Waals surface area contributed by atoms with Crippen LogP contribution >= 0.6 is 0 Å². The summed E-state index contributed by atoms with van der Waals surface area (Å²) in [6, 6.07) is 0. The summed E-state index contributed by atoms with van der Waals surface area (Å²) >= 11 is 0. The van der Waals surface area contributed by atoms with Crippen molar-refractivity contribution in [1.29, 1.82) is 0 Å². The van der Waals surface area contributed by atoms with Crippen LogP contribution in [0.1, 0.15) is 142 Å². The van der Waals surface area contributed by atoms with E-state index in [2.05, 4.69) is 13.8 Å². The van der Waals surface area contributed by atoms with Gasteiger partial charge in [0.15, 0.2) is 0 Å². The Bertz CT molecular complexity index is 563. The lowest BCUT2D eigenvalue weighted by molar-refractivity contribution is -0.237. The van der Waals surface area contributed by atoms with Crippen LogP contribution < -0.4 is 0 Å².